The quantitative estimate of drug-likeness (QED) is 0.917. The average Bonchev–Trinajstić information content (AvgIpc) is 2.87. The van der Waals surface area contributed by atoms with E-state index in [0.717, 1.165) is 12.8 Å². The molecule has 5 heteroatoms. The molecule has 0 unspecified atom stereocenters. The van der Waals surface area contributed by atoms with Crippen LogP contribution in [0.3, 0.4) is 0 Å². The van der Waals surface area contributed by atoms with Crippen molar-refractivity contribution in [1.82, 2.24) is 4.72 Å². The summed E-state index contributed by atoms with van der Waals surface area (Å²) in [5.74, 6) is 0.611. The van der Waals surface area contributed by atoms with Crippen LogP contribution in [0.2, 0.25) is 5.02 Å². The van der Waals surface area contributed by atoms with Crippen LogP contribution in [0.5, 0.6) is 0 Å². The summed E-state index contributed by atoms with van der Waals surface area (Å²) in [7, 11) is -3.50. The third-order valence-corrected chi connectivity index (χ3v) is 7.36. The minimum atomic E-state index is -3.50. The fourth-order valence-electron chi connectivity index (χ4n) is 4.43. The highest BCUT2D eigenvalue weighted by atomic mass is 35.5. The monoisotopic (exact) mass is 327 g/mol. The summed E-state index contributed by atoms with van der Waals surface area (Å²) >= 11 is 5.84. The molecule has 2 fully saturated rings. The van der Waals surface area contributed by atoms with Crippen LogP contribution in [0.25, 0.3) is 0 Å². The van der Waals surface area contributed by atoms with Gasteiger partial charge in [-0.3, -0.25) is 0 Å². The summed E-state index contributed by atoms with van der Waals surface area (Å²) in [4.78, 5) is 0.286. The van der Waals surface area contributed by atoms with Gasteiger partial charge in [0, 0.05) is 11.1 Å². The third-order valence-electron chi connectivity index (χ3n) is 5.67. The molecule has 3 atom stereocenters. The van der Waals surface area contributed by atoms with Crippen molar-refractivity contribution in [3.05, 3.63) is 29.3 Å². The van der Waals surface area contributed by atoms with Gasteiger partial charge >= 0.3 is 0 Å². The highest BCUT2D eigenvalue weighted by Gasteiger charge is 2.60. The van der Waals surface area contributed by atoms with Gasteiger partial charge in [-0.25, -0.2) is 13.1 Å². The van der Waals surface area contributed by atoms with Crippen molar-refractivity contribution in [2.45, 2.75) is 51.0 Å². The van der Waals surface area contributed by atoms with Gasteiger partial charge in [-0.15, -0.1) is 0 Å². The molecule has 0 aliphatic heterocycles. The van der Waals surface area contributed by atoms with E-state index < -0.39 is 10.0 Å². The minimum absolute atomic E-state index is 0.00644. The molecule has 2 aliphatic carbocycles. The lowest BCUT2D eigenvalue weighted by atomic mass is 9.69. The van der Waals surface area contributed by atoms with Crippen LogP contribution in [0.1, 0.15) is 40.0 Å². The molecular formula is C16H22ClNO2S. The van der Waals surface area contributed by atoms with E-state index >= 15 is 0 Å². The van der Waals surface area contributed by atoms with Crippen LogP contribution >= 0.6 is 11.6 Å². The van der Waals surface area contributed by atoms with Gasteiger partial charge in [-0.2, -0.15) is 0 Å². The van der Waals surface area contributed by atoms with Crippen molar-refractivity contribution in [3.8, 4) is 0 Å². The second-order valence-electron chi connectivity index (χ2n) is 7.42. The molecule has 21 heavy (non-hydrogen) atoms. The van der Waals surface area contributed by atoms with Gasteiger partial charge in [0.15, 0.2) is 0 Å². The Morgan fingerprint density at radius 3 is 2.33 bits per heavy atom. The van der Waals surface area contributed by atoms with Crippen molar-refractivity contribution < 1.29 is 8.42 Å². The summed E-state index contributed by atoms with van der Waals surface area (Å²) in [6.45, 7) is 6.60. The second kappa shape index (κ2) is 4.71. The highest BCUT2D eigenvalue weighted by Crippen LogP contribution is 2.62. The van der Waals surface area contributed by atoms with Crippen molar-refractivity contribution in [3.63, 3.8) is 0 Å². The van der Waals surface area contributed by atoms with Crippen LogP contribution in [0.15, 0.2) is 29.2 Å². The van der Waals surface area contributed by atoms with Gasteiger partial charge in [-0.05, 0) is 60.3 Å². The summed E-state index contributed by atoms with van der Waals surface area (Å²) < 4.78 is 28.3. The molecule has 2 aliphatic rings. The van der Waals surface area contributed by atoms with E-state index in [1.165, 1.54) is 6.42 Å². The normalized spacial score (nSPS) is 34.3. The van der Waals surface area contributed by atoms with E-state index in [2.05, 4.69) is 25.5 Å². The molecule has 0 heterocycles. The number of rotatable bonds is 3. The van der Waals surface area contributed by atoms with E-state index in [1.807, 2.05) is 0 Å². The van der Waals surface area contributed by atoms with Crippen LogP contribution in [-0.2, 0) is 10.0 Å². The van der Waals surface area contributed by atoms with Crippen molar-refractivity contribution in [1.29, 1.82) is 0 Å². The van der Waals surface area contributed by atoms with Crippen LogP contribution in [0, 0.1) is 16.7 Å². The number of sulfonamides is 1. The predicted octanol–water partition coefficient (Wildman–Crippen LogP) is 3.83. The molecule has 2 bridgehead atoms. The Morgan fingerprint density at radius 1 is 1.19 bits per heavy atom. The maximum Gasteiger partial charge on any atom is 0.240 e. The molecule has 0 saturated heterocycles. The maximum atomic E-state index is 12.7. The van der Waals surface area contributed by atoms with E-state index in [9.17, 15) is 8.42 Å². The first-order valence-electron chi connectivity index (χ1n) is 7.43. The topological polar surface area (TPSA) is 46.2 Å². The Labute approximate surface area is 132 Å². The standard InChI is InChI=1S/C16H22ClNO2S/c1-15(2)11-8-9-16(3,10-11)14(15)18-21(19,20)13-6-4-12(17)5-7-13/h4-7,11,14,18H,8-10H2,1-3H3/t11-,14+,16+/m0/s1. The maximum absolute atomic E-state index is 12.7. The summed E-state index contributed by atoms with van der Waals surface area (Å²) in [6.07, 6.45) is 3.44. The molecule has 1 aromatic rings. The lowest BCUT2D eigenvalue weighted by molar-refractivity contribution is 0.127. The van der Waals surface area contributed by atoms with Gasteiger partial charge in [0.2, 0.25) is 10.0 Å². The number of benzene rings is 1. The molecule has 0 spiro atoms. The van der Waals surface area contributed by atoms with Crippen molar-refractivity contribution in [2.24, 2.45) is 16.7 Å². The number of nitrogens with one attached hydrogen (secondary N) is 1. The Bertz CT molecular complexity index is 649. The van der Waals surface area contributed by atoms with E-state index in [0.29, 0.717) is 10.9 Å². The zero-order valence-corrected chi connectivity index (χ0v) is 14.3. The molecule has 0 amide bonds. The fraction of sp³-hybridized carbons (Fsp3) is 0.625. The molecule has 116 valence electrons. The van der Waals surface area contributed by atoms with Gasteiger partial charge in [-0.1, -0.05) is 32.4 Å². The fourth-order valence-corrected chi connectivity index (χ4v) is 6.09. The lowest BCUT2D eigenvalue weighted by Crippen LogP contribution is -2.52. The van der Waals surface area contributed by atoms with Crippen molar-refractivity contribution >= 4 is 21.6 Å². The van der Waals surface area contributed by atoms with Gasteiger partial charge in [0.1, 0.15) is 0 Å². The van der Waals surface area contributed by atoms with Gasteiger partial charge in [0.25, 0.3) is 0 Å². The SMILES string of the molecule is CC1(C)[C@H]2CC[C@](C)(C2)[C@@H]1NS(=O)(=O)c1ccc(Cl)cc1. The smallest absolute Gasteiger partial charge is 0.207 e. The molecule has 0 radical (unpaired) electrons. The number of hydrogen-bond donors (Lipinski definition) is 1. The first kappa shape index (κ1) is 15.3. The molecule has 0 aromatic heterocycles. The molecule has 3 rings (SSSR count). The minimum Gasteiger partial charge on any atom is -0.207 e. The molecule has 1 N–H and O–H groups in total. The predicted molar refractivity (Wildman–Crippen MR) is 84.8 cm³/mol. The zero-order valence-electron chi connectivity index (χ0n) is 12.7. The number of hydrogen-bond acceptors (Lipinski definition) is 2. The lowest BCUT2D eigenvalue weighted by Gasteiger charge is -2.42. The van der Waals surface area contributed by atoms with Crippen LogP contribution in [-0.4, -0.2) is 14.5 Å². The molecule has 1 aromatic carbocycles. The summed E-state index contributed by atoms with van der Waals surface area (Å²) in [6, 6.07) is 6.35. The van der Waals surface area contributed by atoms with Crippen LogP contribution in [0.4, 0.5) is 0 Å². The Kier molecular flexibility index (Phi) is 3.43. The van der Waals surface area contributed by atoms with Crippen molar-refractivity contribution in [2.75, 3.05) is 0 Å². The van der Waals surface area contributed by atoms with E-state index in [-0.39, 0.29) is 21.8 Å². The van der Waals surface area contributed by atoms with Gasteiger partial charge in [0.05, 0.1) is 4.90 Å². The molecule has 3 nitrogen and oxygen atoms in total. The average molecular weight is 328 g/mol. The number of fused-ring (bicyclic) bond motifs is 2. The Morgan fingerprint density at radius 2 is 1.81 bits per heavy atom. The first-order chi connectivity index (χ1) is 9.65. The second-order valence-corrected chi connectivity index (χ2v) is 9.57. The summed E-state index contributed by atoms with van der Waals surface area (Å²) in [5.41, 5.74) is 0.0835. The first-order valence-corrected chi connectivity index (χ1v) is 9.29. The largest absolute Gasteiger partial charge is 0.240 e. The van der Waals surface area contributed by atoms with Gasteiger partial charge < -0.3 is 0 Å². The zero-order chi connectivity index (χ0) is 15.5. The number of halogens is 1. The Balaban J connectivity index is 1.91. The van der Waals surface area contributed by atoms with E-state index in [4.69, 9.17) is 11.6 Å². The van der Waals surface area contributed by atoms with E-state index in [1.54, 1.807) is 24.3 Å². The molecular weight excluding hydrogens is 306 g/mol. The highest BCUT2D eigenvalue weighted by molar-refractivity contribution is 7.89. The Hall–Kier alpha value is -0.580. The molecule has 2 saturated carbocycles. The van der Waals surface area contributed by atoms with Crippen LogP contribution < -0.4 is 4.72 Å². The third kappa shape index (κ3) is 2.41. The summed E-state index contributed by atoms with van der Waals surface area (Å²) in [5, 5.41) is 0.543.